The molecule has 1 aromatic carbocycles. The molecule has 0 fully saturated rings. The van der Waals surface area contributed by atoms with E-state index in [1.54, 1.807) is 6.07 Å². The maximum Gasteiger partial charge on any atom is 0.389 e. The maximum atomic E-state index is 11.9. The van der Waals surface area contributed by atoms with Gasteiger partial charge in [0.25, 0.3) is 9.84 Å². The van der Waals surface area contributed by atoms with E-state index in [2.05, 4.69) is 0 Å². The van der Waals surface area contributed by atoms with Crippen LogP contribution in [0.3, 0.4) is 0 Å². The molecule has 0 spiro atoms. The van der Waals surface area contributed by atoms with E-state index in [1.165, 1.54) is 24.3 Å². The van der Waals surface area contributed by atoms with Crippen molar-refractivity contribution in [1.29, 1.82) is 0 Å². The number of hydrogen-bond donors (Lipinski definition) is 0. The highest BCUT2D eigenvalue weighted by atomic mass is 32.2. The van der Waals surface area contributed by atoms with Crippen molar-refractivity contribution >= 4 is 16.1 Å². The van der Waals surface area contributed by atoms with Crippen molar-refractivity contribution in [2.75, 3.05) is 7.05 Å². The third-order valence-corrected chi connectivity index (χ3v) is 3.79. The van der Waals surface area contributed by atoms with Crippen LogP contribution in [0.15, 0.2) is 35.2 Å². The zero-order valence-electron chi connectivity index (χ0n) is 8.89. The molecule has 1 rings (SSSR count). The molecule has 1 atom stereocenters. The molecule has 0 heterocycles. The Morgan fingerprint density at radius 3 is 2.18 bits per heavy atom. The van der Waals surface area contributed by atoms with Gasteiger partial charge >= 0.3 is 5.37 Å². The molecular formula is C9H10N2O5S. The van der Waals surface area contributed by atoms with Crippen molar-refractivity contribution in [3.05, 3.63) is 45.7 Å². The second-order valence-corrected chi connectivity index (χ2v) is 5.27. The summed E-state index contributed by atoms with van der Waals surface area (Å²) < 4.78 is 23.8. The normalized spacial score (nSPS) is 14.3. The Balaban J connectivity index is 3.29. The lowest BCUT2D eigenvalue weighted by molar-refractivity contribution is -0.494. The van der Waals surface area contributed by atoms with Crippen LogP contribution in [0.2, 0.25) is 0 Å². The number of nitrogens with zero attached hydrogens (tertiary/aromatic N) is 2. The van der Waals surface area contributed by atoms with Gasteiger partial charge in [-0.25, -0.2) is 13.2 Å². The Kier molecular flexibility index (Phi) is 3.79. The maximum absolute atomic E-state index is 11.9. The number of nitro groups is 1. The second kappa shape index (κ2) is 4.91. The highest BCUT2D eigenvalue weighted by Gasteiger charge is 2.38. The van der Waals surface area contributed by atoms with Gasteiger partial charge in [0.1, 0.15) is 7.05 Å². The predicted octanol–water partition coefficient (Wildman–Crippen LogP) is 0.274. The van der Waals surface area contributed by atoms with Gasteiger partial charge in [0, 0.05) is 0 Å². The predicted molar refractivity (Wildman–Crippen MR) is 60.0 cm³/mol. The fraction of sp³-hybridized carbons (Fsp3) is 0.222. The largest absolute Gasteiger partial charge is 0.624 e. The summed E-state index contributed by atoms with van der Waals surface area (Å²) in [7, 11) is -3.21. The SMILES string of the molecule is C/[N+]([O-])=C\[C@H]([N+](=O)[O-])S(=O)(=O)c1ccccc1. The minimum Gasteiger partial charge on any atom is -0.624 e. The van der Waals surface area contributed by atoms with Gasteiger partial charge in [-0.3, -0.25) is 10.1 Å². The first-order chi connectivity index (χ1) is 7.85. The number of sulfone groups is 1. The molecule has 0 aromatic heterocycles. The molecule has 0 unspecified atom stereocenters. The van der Waals surface area contributed by atoms with Crippen LogP contribution in [0.25, 0.3) is 0 Å². The minimum atomic E-state index is -4.19. The van der Waals surface area contributed by atoms with Gasteiger partial charge in [-0.15, -0.1) is 0 Å². The second-order valence-electron chi connectivity index (χ2n) is 3.23. The Hall–Kier alpha value is -1.96. The lowest BCUT2D eigenvalue weighted by atomic mass is 10.4. The summed E-state index contributed by atoms with van der Waals surface area (Å²) >= 11 is 0. The molecule has 17 heavy (non-hydrogen) atoms. The van der Waals surface area contributed by atoms with E-state index in [1.807, 2.05) is 0 Å². The van der Waals surface area contributed by atoms with Crippen LogP contribution < -0.4 is 0 Å². The van der Waals surface area contributed by atoms with Crippen molar-refractivity contribution in [1.82, 2.24) is 0 Å². The zero-order valence-corrected chi connectivity index (χ0v) is 9.70. The molecule has 1 aromatic rings. The molecule has 0 amide bonds. The van der Waals surface area contributed by atoms with Gasteiger partial charge in [-0.2, -0.15) is 0 Å². The molecule has 0 saturated heterocycles. The molecule has 8 heteroatoms. The molecular weight excluding hydrogens is 248 g/mol. The van der Waals surface area contributed by atoms with Crippen molar-refractivity contribution in [3.63, 3.8) is 0 Å². The van der Waals surface area contributed by atoms with Gasteiger partial charge in [-0.05, 0) is 12.1 Å². The number of hydrogen-bond acceptors (Lipinski definition) is 5. The first-order valence-corrected chi connectivity index (χ1v) is 6.07. The molecule has 0 bridgehead atoms. The van der Waals surface area contributed by atoms with Crippen LogP contribution in [0, 0.1) is 15.3 Å². The summed E-state index contributed by atoms with van der Waals surface area (Å²) in [5.41, 5.74) is 0. The van der Waals surface area contributed by atoms with E-state index in [4.69, 9.17) is 0 Å². The van der Waals surface area contributed by atoms with Gasteiger partial charge in [-0.1, -0.05) is 18.2 Å². The molecule has 92 valence electrons. The van der Waals surface area contributed by atoms with Crippen molar-refractivity contribution in [3.8, 4) is 0 Å². The molecule has 0 N–H and O–H groups in total. The summed E-state index contributed by atoms with van der Waals surface area (Å²) in [6.45, 7) is 0. The summed E-state index contributed by atoms with van der Waals surface area (Å²) in [6.07, 6.45) is 0.502. The standard InChI is InChI=1S/C9H10N2O5S/c1-10(12)7-9(11(13)14)17(15,16)8-5-3-2-4-6-8/h2-7,9H,1H3/b10-7+/t9-/m1/s1. The average Bonchev–Trinajstić information content (AvgIpc) is 2.26. The Labute approximate surface area is 97.7 Å². The van der Waals surface area contributed by atoms with Gasteiger partial charge in [0.05, 0.1) is 9.82 Å². The minimum absolute atomic E-state index is 0.105. The van der Waals surface area contributed by atoms with Crippen molar-refractivity contribution < 1.29 is 18.1 Å². The van der Waals surface area contributed by atoms with Gasteiger partial charge in [0.15, 0.2) is 0 Å². The monoisotopic (exact) mass is 258 g/mol. The number of hydroxylamine groups is 1. The molecule has 0 aliphatic heterocycles. The third-order valence-electron chi connectivity index (χ3n) is 1.93. The lowest BCUT2D eigenvalue weighted by Gasteiger charge is -2.06. The van der Waals surface area contributed by atoms with E-state index < -0.39 is 20.1 Å². The summed E-state index contributed by atoms with van der Waals surface area (Å²) in [4.78, 5) is 9.47. The average molecular weight is 258 g/mol. The van der Waals surface area contributed by atoms with Crippen molar-refractivity contribution in [2.45, 2.75) is 10.3 Å². The van der Waals surface area contributed by atoms with Crippen LogP contribution in [0.4, 0.5) is 0 Å². The molecule has 0 saturated carbocycles. The van der Waals surface area contributed by atoms with E-state index >= 15 is 0 Å². The Bertz CT molecular complexity index is 534. The summed E-state index contributed by atoms with van der Waals surface area (Å²) in [6, 6.07) is 6.97. The van der Waals surface area contributed by atoms with E-state index in [9.17, 15) is 23.7 Å². The third kappa shape index (κ3) is 3.00. The Morgan fingerprint density at radius 1 is 1.24 bits per heavy atom. The fourth-order valence-electron chi connectivity index (χ4n) is 1.18. The zero-order chi connectivity index (χ0) is 13.1. The van der Waals surface area contributed by atoms with Crippen LogP contribution in [-0.2, 0) is 9.84 Å². The van der Waals surface area contributed by atoms with Crippen LogP contribution in [0.5, 0.6) is 0 Å². The quantitative estimate of drug-likeness (QED) is 0.253. The van der Waals surface area contributed by atoms with Gasteiger partial charge < -0.3 is 5.21 Å². The summed E-state index contributed by atoms with van der Waals surface area (Å²) in [5.74, 6) is 0. The fourth-order valence-corrected chi connectivity index (χ4v) is 2.55. The first-order valence-electron chi connectivity index (χ1n) is 4.53. The lowest BCUT2D eigenvalue weighted by Crippen LogP contribution is -2.33. The number of benzene rings is 1. The molecule has 0 aliphatic carbocycles. The topological polar surface area (TPSA) is 103 Å². The van der Waals surface area contributed by atoms with E-state index in [0.29, 0.717) is 6.21 Å². The molecule has 0 radical (unpaired) electrons. The van der Waals surface area contributed by atoms with Crippen LogP contribution >= 0.6 is 0 Å². The number of rotatable bonds is 4. The van der Waals surface area contributed by atoms with E-state index in [-0.39, 0.29) is 9.63 Å². The highest BCUT2D eigenvalue weighted by molar-refractivity contribution is 7.92. The Morgan fingerprint density at radius 2 is 1.76 bits per heavy atom. The summed E-state index contributed by atoms with van der Waals surface area (Å²) in [5, 5.41) is 19.3. The first kappa shape index (κ1) is 13.1. The smallest absolute Gasteiger partial charge is 0.389 e. The van der Waals surface area contributed by atoms with Gasteiger partial charge in [0.2, 0.25) is 6.21 Å². The highest BCUT2D eigenvalue weighted by Crippen LogP contribution is 2.14. The molecule has 0 aliphatic rings. The van der Waals surface area contributed by atoms with Crippen LogP contribution in [-0.4, -0.2) is 36.7 Å². The van der Waals surface area contributed by atoms with Crippen molar-refractivity contribution in [2.24, 2.45) is 0 Å². The van der Waals surface area contributed by atoms with Crippen LogP contribution in [0.1, 0.15) is 0 Å². The molecule has 7 nitrogen and oxygen atoms in total. The van der Waals surface area contributed by atoms with E-state index in [0.717, 1.165) is 7.05 Å².